The number of fused-ring (bicyclic) bond motifs is 2. The van der Waals surface area contributed by atoms with Crippen LogP contribution in [-0.2, 0) is 6.18 Å². The molecule has 3 aromatic heterocycles. The third-order valence-corrected chi connectivity index (χ3v) is 6.16. The topological polar surface area (TPSA) is 67.1 Å². The normalized spacial score (nSPS) is 27.3. The Morgan fingerprint density at radius 1 is 1.10 bits per heavy atom. The summed E-state index contributed by atoms with van der Waals surface area (Å²) in [5.41, 5.74) is 9.40. The van der Waals surface area contributed by atoms with Crippen LogP contribution in [0.25, 0.3) is 16.8 Å². The molecule has 6 nitrogen and oxygen atoms in total. The largest absolute Gasteiger partial charge is 0.453 e. The van der Waals surface area contributed by atoms with Crippen LogP contribution in [0.1, 0.15) is 37.2 Å². The predicted octanol–water partition coefficient (Wildman–Crippen LogP) is 3.42. The van der Waals surface area contributed by atoms with Crippen molar-refractivity contribution in [3.63, 3.8) is 0 Å². The number of hydrazine groups is 1. The Hall–Kier alpha value is -2.52. The van der Waals surface area contributed by atoms with E-state index in [-0.39, 0.29) is 11.6 Å². The van der Waals surface area contributed by atoms with Gasteiger partial charge in [-0.15, -0.1) is 5.10 Å². The number of halogens is 3. The summed E-state index contributed by atoms with van der Waals surface area (Å²) in [6.45, 7) is 3.05. The van der Waals surface area contributed by atoms with E-state index in [9.17, 15) is 13.2 Å². The van der Waals surface area contributed by atoms with E-state index in [1.807, 2.05) is 18.2 Å². The van der Waals surface area contributed by atoms with Crippen molar-refractivity contribution < 1.29 is 13.2 Å². The highest BCUT2D eigenvalue weighted by molar-refractivity contribution is 5.68. The zero-order chi connectivity index (χ0) is 20.2. The van der Waals surface area contributed by atoms with Gasteiger partial charge in [0.1, 0.15) is 0 Å². The number of nitrogens with zero attached hydrogens (tertiary/aromatic N) is 4. The Bertz CT molecular complexity index is 1030. The van der Waals surface area contributed by atoms with Crippen molar-refractivity contribution in [3.05, 3.63) is 48.2 Å². The van der Waals surface area contributed by atoms with Gasteiger partial charge in [0.15, 0.2) is 5.65 Å². The molecule has 152 valence electrons. The molecule has 0 aromatic carbocycles. The Morgan fingerprint density at radius 3 is 2.66 bits per heavy atom. The molecule has 9 heteroatoms. The van der Waals surface area contributed by atoms with Crippen LogP contribution in [0.15, 0.2) is 36.7 Å². The molecule has 4 heterocycles. The first-order valence-corrected chi connectivity index (χ1v) is 9.77. The number of pyridine rings is 2. The fraction of sp³-hybridized carbons (Fsp3) is 0.450. The van der Waals surface area contributed by atoms with E-state index in [4.69, 9.17) is 0 Å². The van der Waals surface area contributed by atoms with E-state index in [0.717, 1.165) is 36.2 Å². The van der Waals surface area contributed by atoms with Crippen molar-refractivity contribution in [2.45, 2.75) is 37.9 Å². The summed E-state index contributed by atoms with van der Waals surface area (Å²) < 4.78 is 41.3. The standard InChI is InChI=1S/C20H21F3N6/c1-11-8-13(9-14-10-25-27-17(11)14)18-15(12-4-6-24-7-5-12)2-3-16-26-19(20(21,22)23)28-29(16)18/h2-7,11,13-14,17,25,27H,8-10H2,1H3. The highest BCUT2D eigenvalue weighted by atomic mass is 19.4. The number of hydrogen-bond donors (Lipinski definition) is 2. The molecule has 3 aromatic rings. The van der Waals surface area contributed by atoms with Gasteiger partial charge in [-0.25, -0.2) is 9.50 Å². The molecule has 29 heavy (non-hydrogen) atoms. The zero-order valence-electron chi connectivity index (χ0n) is 15.8. The number of nitrogens with one attached hydrogen (secondary N) is 2. The van der Waals surface area contributed by atoms with Crippen LogP contribution in [-0.4, -0.2) is 32.2 Å². The summed E-state index contributed by atoms with van der Waals surface area (Å²) in [7, 11) is 0. The fourth-order valence-electron chi connectivity index (χ4n) is 4.93. The molecule has 0 bridgehead atoms. The van der Waals surface area contributed by atoms with Crippen molar-refractivity contribution in [3.8, 4) is 11.1 Å². The Morgan fingerprint density at radius 2 is 1.90 bits per heavy atom. The average molecular weight is 402 g/mol. The molecular formula is C20H21F3N6. The van der Waals surface area contributed by atoms with Gasteiger partial charge in [0, 0.05) is 36.5 Å². The van der Waals surface area contributed by atoms with Crippen molar-refractivity contribution in [1.82, 2.24) is 30.4 Å². The van der Waals surface area contributed by atoms with Crippen molar-refractivity contribution in [1.29, 1.82) is 0 Å². The van der Waals surface area contributed by atoms with Gasteiger partial charge in [-0.1, -0.05) is 6.92 Å². The first-order valence-electron chi connectivity index (χ1n) is 9.77. The second-order valence-corrected chi connectivity index (χ2v) is 8.03. The molecule has 1 saturated heterocycles. The van der Waals surface area contributed by atoms with Gasteiger partial charge in [0.2, 0.25) is 0 Å². The molecule has 2 N–H and O–H groups in total. The van der Waals surface area contributed by atoms with Crippen LogP contribution in [0, 0.1) is 11.8 Å². The quantitative estimate of drug-likeness (QED) is 0.688. The van der Waals surface area contributed by atoms with Crippen molar-refractivity contribution in [2.24, 2.45) is 11.8 Å². The van der Waals surface area contributed by atoms with Crippen LogP contribution >= 0.6 is 0 Å². The molecular weight excluding hydrogens is 381 g/mol. The maximum atomic E-state index is 13.3. The molecule has 0 radical (unpaired) electrons. The van der Waals surface area contributed by atoms with Gasteiger partial charge < -0.3 is 0 Å². The summed E-state index contributed by atoms with van der Waals surface area (Å²) in [4.78, 5) is 7.82. The van der Waals surface area contributed by atoms with Gasteiger partial charge in [0.05, 0.1) is 5.69 Å². The number of hydrogen-bond acceptors (Lipinski definition) is 5. The SMILES string of the molecule is CC1CC(c2c(-c3ccncc3)ccc3nc(C(F)(F)F)nn23)CC2CNNC12. The van der Waals surface area contributed by atoms with E-state index in [0.29, 0.717) is 17.9 Å². The summed E-state index contributed by atoms with van der Waals surface area (Å²) in [6, 6.07) is 7.60. The highest BCUT2D eigenvalue weighted by Crippen LogP contribution is 2.43. The van der Waals surface area contributed by atoms with E-state index in [1.54, 1.807) is 18.5 Å². The Balaban J connectivity index is 1.69. The third kappa shape index (κ3) is 3.18. The zero-order valence-corrected chi connectivity index (χ0v) is 15.8. The molecule has 1 aliphatic heterocycles. The number of aromatic nitrogens is 4. The maximum absolute atomic E-state index is 13.3. The van der Waals surface area contributed by atoms with Crippen LogP contribution in [0.3, 0.4) is 0 Å². The summed E-state index contributed by atoms with van der Waals surface area (Å²) in [5.74, 6) is -0.200. The van der Waals surface area contributed by atoms with E-state index in [1.165, 1.54) is 4.52 Å². The molecule has 1 aliphatic carbocycles. The second kappa shape index (κ2) is 6.77. The lowest BCUT2D eigenvalue weighted by molar-refractivity contribution is -0.144. The molecule has 0 spiro atoms. The number of alkyl halides is 3. The lowest BCUT2D eigenvalue weighted by Gasteiger charge is -2.36. The van der Waals surface area contributed by atoms with Gasteiger partial charge in [-0.05, 0) is 54.5 Å². The molecule has 0 amide bonds. The highest BCUT2D eigenvalue weighted by Gasteiger charge is 2.41. The molecule has 2 aliphatic rings. The van der Waals surface area contributed by atoms with Crippen LogP contribution < -0.4 is 10.9 Å². The minimum Gasteiger partial charge on any atom is -0.265 e. The fourth-order valence-corrected chi connectivity index (χ4v) is 4.93. The first-order chi connectivity index (χ1) is 13.9. The second-order valence-electron chi connectivity index (χ2n) is 8.03. The van der Waals surface area contributed by atoms with Crippen molar-refractivity contribution in [2.75, 3.05) is 6.54 Å². The smallest absolute Gasteiger partial charge is 0.265 e. The average Bonchev–Trinajstić information content (AvgIpc) is 3.34. The number of rotatable bonds is 2. The molecule has 4 atom stereocenters. The van der Waals surface area contributed by atoms with E-state index in [2.05, 4.69) is 32.8 Å². The lowest BCUT2D eigenvalue weighted by atomic mass is 9.71. The van der Waals surface area contributed by atoms with Gasteiger partial charge in [-0.3, -0.25) is 15.8 Å². The van der Waals surface area contributed by atoms with Crippen LogP contribution in [0.4, 0.5) is 13.2 Å². The molecule has 4 unspecified atom stereocenters. The summed E-state index contributed by atoms with van der Waals surface area (Å²) >= 11 is 0. The van der Waals surface area contributed by atoms with Gasteiger partial charge >= 0.3 is 6.18 Å². The minimum atomic E-state index is -4.58. The van der Waals surface area contributed by atoms with Gasteiger partial charge in [-0.2, -0.15) is 13.2 Å². The minimum absolute atomic E-state index is 0.0857. The van der Waals surface area contributed by atoms with E-state index < -0.39 is 12.0 Å². The monoisotopic (exact) mass is 402 g/mol. The van der Waals surface area contributed by atoms with Crippen LogP contribution in [0.5, 0.6) is 0 Å². The Labute approximate surface area is 165 Å². The Kier molecular flexibility index (Phi) is 4.32. The third-order valence-electron chi connectivity index (χ3n) is 6.16. The molecule has 5 rings (SSSR count). The molecule has 1 saturated carbocycles. The van der Waals surface area contributed by atoms with Crippen molar-refractivity contribution >= 4 is 5.65 Å². The van der Waals surface area contributed by atoms with Crippen LogP contribution in [0.2, 0.25) is 0 Å². The first kappa shape index (κ1) is 18.5. The molecule has 2 fully saturated rings. The summed E-state index contributed by atoms with van der Waals surface area (Å²) in [6.07, 6.45) is 0.554. The van der Waals surface area contributed by atoms with Gasteiger partial charge in [0.25, 0.3) is 5.82 Å². The lowest BCUT2D eigenvalue weighted by Crippen LogP contribution is -2.41. The maximum Gasteiger partial charge on any atom is 0.453 e. The van der Waals surface area contributed by atoms with E-state index >= 15 is 0 Å². The summed E-state index contributed by atoms with van der Waals surface area (Å²) in [5, 5.41) is 3.89. The predicted molar refractivity (Wildman–Crippen MR) is 101 cm³/mol.